The Morgan fingerprint density at radius 3 is 2.39 bits per heavy atom. The van der Waals surface area contributed by atoms with Gasteiger partial charge in [0.1, 0.15) is 5.75 Å². The third-order valence-electron chi connectivity index (χ3n) is 2.67. The second-order valence-electron chi connectivity index (χ2n) is 3.98. The Morgan fingerprint density at radius 2 is 1.89 bits per heavy atom. The van der Waals surface area contributed by atoms with E-state index in [1.807, 2.05) is 24.3 Å². The highest BCUT2D eigenvalue weighted by Crippen LogP contribution is 2.12. The molecular formula is C13H18BrF2NO. The average molecular weight is 322 g/mol. The van der Waals surface area contributed by atoms with E-state index in [1.54, 1.807) is 12.0 Å². The molecule has 1 rings (SSSR count). The minimum Gasteiger partial charge on any atom is -0.497 e. The van der Waals surface area contributed by atoms with Gasteiger partial charge in [-0.25, -0.2) is 8.78 Å². The van der Waals surface area contributed by atoms with E-state index >= 15 is 0 Å². The molecule has 0 spiro atoms. The summed E-state index contributed by atoms with van der Waals surface area (Å²) in [7, 11) is 1.62. The molecule has 2 nitrogen and oxygen atoms in total. The number of nitrogens with zero attached hydrogens (tertiary/aromatic N) is 1. The molecule has 1 aromatic carbocycles. The fourth-order valence-electron chi connectivity index (χ4n) is 1.69. The summed E-state index contributed by atoms with van der Waals surface area (Å²) in [5.74, 6) is 0.809. The fourth-order valence-corrected chi connectivity index (χ4v) is 2.19. The van der Waals surface area contributed by atoms with E-state index in [9.17, 15) is 8.78 Å². The van der Waals surface area contributed by atoms with Crippen LogP contribution >= 0.6 is 15.9 Å². The zero-order chi connectivity index (χ0) is 13.4. The van der Waals surface area contributed by atoms with Gasteiger partial charge in [-0.05, 0) is 24.1 Å². The number of hydrogen-bond acceptors (Lipinski definition) is 2. The zero-order valence-corrected chi connectivity index (χ0v) is 12.0. The molecule has 0 N–H and O–H groups in total. The van der Waals surface area contributed by atoms with E-state index in [-0.39, 0.29) is 6.54 Å². The maximum atomic E-state index is 12.4. The molecule has 0 fully saturated rings. The van der Waals surface area contributed by atoms with E-state index < -0.39 is 6.43 Å². The van der Waals surface area contributed by atoms with E-state index in [0.29, 0.717) is 18.4 Å². The van der Waals surface area contributed by atoms with Crippen LogP contribution in [0.4, 0.5) is 8.78 Å². The predicted octanol–water partition coefficient (Wildman–Crippen LogP) is 3.20. The zero-order valence-electron chi connectivity index (χ0n) is 10.4. The highest BCUT2D eigenvalue weighted by molar-refractivity contribution is 9.09. The fraction of sp³-hybridized carbons (Fsp3) is 0.538. The Balaban J connectivity index is 2.44. The van der Waals surface area contributed by atoms with Gasteiger partial charge in [-0.15, -0.1) is 0 Å². The average Bonchev–Trinajstić information content (AvgIpc) is 2.36. The molecule has 5 heteroatoms. The molecule has 0 bridgehead atoms. The topological polar surface area (TPSA) is 12.5 Å². The highest BCUT2D eigenvalue weighted by atomic mass is 79.9. The first-order valence-electron chi connectivity index (χ1n) is 5.85. The molecule has 0 saturated heterocycles. The molecule has 0 aliphatic carbocycles. The molecule has 0 amide bonds. The Labute approximate surface area is 115 Å². The first kappa shape index (κ1) is 15.4. The van der Waals surface area contributed by atoms with Crippen molar-refractivity contribution in [1.82, 2.24) is 4.90 Å². The quantitative estimate of drug-likeness (QED) is 0.682. The van der Waals surface area contributed by atoms with Gasteiger partial charge in [-0.2, -0.15) is 0 Å². The van der Waals surface area contributed by atoms with Crippen LogP contribution in [-0.2, 0) is 6.42 Å². The first-order valence-corrected chi connectivity index (χ1v) is 6.97. The number of rotatable bonds is 8. The van der Waals surface area contributed by atoms with Gasteiger partial charge < -0.3 is 4.74 Å². The van der Waals surface area contributed by atoms with E-state index in [1.165, 1.54) is 0 Å². The van der Waals surface area contributed by atoms with Gasteiger partial charge in [-0.1, -0.05) is 28.1 Å². The second kappa shape index (κ2) is 8.43. The number of halogens is 3. The molecule has 18 heavy (non-hydrogen) atoms. The molecule has 1 aromatic rings. The first-order chi connectivity index (χ1) is 8.65. The molecule has 0 heterocycles. The van der Waals surface area contributed by atoms with Crippen molar-refractivity contribution in [2.24, 2.45) is 0 Å². The Morgan fingerprint density at radius 1 is 1.22 bits per heavy atom. The molecule has 0 aliphatic rings. The highest BCUT2D eigenvalue weighted by Gasteiger charge is 2.11. The van der Waals surface area contributed by atoms with Crippen molar-refractivity contribution in [3.8, 4) is 5.75 Å². The van der Waals surface area contributed by atoms with Gasteiger partial charge in [-0.3, -0.25) is 4.90 Å². The lowest BCUT2D eigenvalue weighted by atomic mass is 10.1. The van der Waals surface area contributed by atoms with Crippen molar-refractivity contribution in [3.63, 3.8) is 0 Å². The Bertz CT molecular complexity index is 332. The van der Waals surface area contributed by atoms with Crippen molar-refractivity contribution >= 4 is 15.9 Å². The van der Waals surface area contributed by atoms with Gasteiger partial charge in [0, 0.05) is 18.4 Å². The monoisotopic (exact) mass is 321 g/mol. The van der Waals surface area contributed by atoms with Crippen LogP contribution in [0.5, 0.6) is 5.75 Å². The number of benzene rings is 1. The van der Waals surface area contributed by atoms with Crippen molar-refractivity contribution in [3.05, 3.63) is 29.8 Å². The molecule has 0 aliphatic heterocycles. The summed E-state index contributed by atoms with van der Waals surface area (Å²) in [5.41, 5.74) is 1.13. The molecular weight excluding hydrogens is 304 g/mol. The molecule has 0 unspecified atom stereocenters. The minimum absolute atomic E-state index is 0.165. The SMILES string of the molecule is COc1ccc(CCN(CCBr)CC(F)F)cc1. The summed E-state index contributed by atoms with van der Waals surface area (Å²) < 4.78 is 29.8. The summed E-state index contributed by atoms with van der Waals surface area (Å²) in [4.78, 5) is 1.77. The summed E-state index contributed by atoms with van der Waals surface area (Å²) >= 11 is 3.28. The normalized spacial score (nSPS) is 11.2. The van der Waals surface area contributed by atoms with Gasteiger partial charge in [0.25, 0.3) is 6.43 Å². The van der Waals surface area contributed by atoms with Crippen LogP contribution < -0.4 is 4.74 Å². The Hall–Kier alpha value is -0.680. The molecule has 0 atom stereocenters. The molecule has 0 radical (unpaired) electrons. The standard InChI is InChI=1S/C13H18BrF2NO/c1-18-12-4-2-11(3-5-12)6-8-17(9-7-14)10-13(15)16/h2-5,13H,6-10H2,1H3. The van der Waals surface area contributed by atoms with Crippen LogP contribution in [0.1, 0.15) is 5.56 Å². The van der Waals surface area contributed by atoms with Crippen molar-refractivity contribution in [1.29, 1.82) is 0 Å². The number of methoxy groups -OCH3 is 1. The second-order valence-corrected chi connectivity index (χ2v) is 4.77. The van der Waals surface area contributed by atoms with Gasteiger partial charge in [0.05, 0.1) is 13.7 Å². The summed E-state index contributed by atoms with van der Waals surface area (Å²) in [6, 6.07) is 7.70. The van der Waals surface area contributed by atoms with Crippen LogP contribution in [0, 0.1) is 0 Å². The lowest BCUT2D eigenvalue weighted by Crippen LogP contribution is -2.32. The van der Waals surface area contributed by atoms with Crippen LogP contribution in [0.2, 0.25) is 0 Å². The maximum Gasteiger partial charge on any atom is 0.251 e. The molecule has 0 saturated carbocycles. The van der Waals surface area contributed by atoms with Gasteiger partial charge >= 0.3 is 0 Å². The minimum atomic E-state index is -2.28. The van der Waals surface area contributed by atoms with Gasteiger partial charge in [0.15, 0.2) is 0 Å². The Kier molecular flexibility index (Phi) is 7.20. The summed E-state index contributed by atoms with van der Waals surface area (Å²) in [6.45, 7) is 1.12. The number of ether oxygens (including phenoxy) is 1. The van der Waals surface area contributed by atoms with Gasteiger partial charge in [0.2, 0.25) is 0 Å². The molecule has 102 valence electrons. The van der Waals surface area contributed by atoms with Crippen LogP contribution in [0.25, 0.3) is 0 Å². The van der Waals surface area contributed by atoms with Crippen molar-refractivity contribution in [2.75, 3.05) is 32.1 Å². The smallest absolute Gasteiger partial charge is 0.251 e. The largest absolute Gasteiger partial charge is 0.497 e. The summed E-state index contributed by atoms with van der Waals surface area (Å²) in [5, 5.41) is 0.711. The van der Waals surface area contributed by atoms with Crippen LogP contribution in [0.3, 0.4) is 0 Å². The van der Waals surface area contributed by atoms with Crippen LogP contribution in [0.15, 0.2) is 24.3 Å². The number of hydrogen-bond donors (Lipinski definition) is 0. The van der Waals surface area contributed by atoms with Crippen LogP contribution in [-0.4, -0.2) is 43.4 Å². The third kappa shape index (κ3) is 5.78. The van der Waals surface area contributed by atoms with E-state index in [4.69, 9.17) is 4.74 Å². The lowest BCUT2D eigenvalue weighted by molar-refractivity contribution is 0.0919. The van der Waals surface area contributed by atoms with E-state index in [2.05, 4.69) is 15.9 Å². The van der Waals surface area contributed by atoms with Crippen molar-refractivity contribution in [2.45, 2.75) is 12.8 Å². The van der Waals surface area contributed by atoms with Crippen molar-refractivity contribution < 1.29 is 13.5 Å². The maximum absolute atomic E-state index is 12.4. The third-order valence-corrected chi connectivity index (χ3v) is 3.03. The lowest BCUT2D eigenvalue weighted by Gasteiger charge is -2.20. The van der Waals surface area contributed by atoms with E-state index in [0.717, 1.165) is 17.7 Å². The molecule has 0 aromatic heterocycles. The summed E-state index contributed by atoms with van der Waals surface area (Å²) in [6.07, 6.45) is -1.51. The number of alkyl halides is 3. The predicted molar refractivity (Wildman–Crippen MR) is 72.9 cm³/mol.